The minimum Gasteiger partial charge on any atom is -0.331 e. The van der Waals surface area contributed by atoms with Crippen molar-refractivity contribution in [2.45, 2.75) is 24.3 Å². The van der Waals surface area contributed by atoms with Crippen LogP contribution in [0, 0.1) is 0 Å². The molecule has 0 spiro atoms. The molecule has 0 fully saturated rings. The van der Waals surface area contributed by atoms with Crippen molar-refractivity contribution in [3.63, 3.8) is 0 Å². The topological polar surface area (TPSA) is 57.7 Å². The molecule has 28 heavy (non-hydrogen) atoms. The molecule has 1 heterocycles. The Morgan fingerprint density at radius 2 is 1.82 bits per heavy atom. The van der Waals surface area contributed by atoms with Crippen molar-refractivity contribution in [3.05, 3.63) is 85.0 Å². The molecule has 6 heteroatoms. The fraction of sp³-hybridized carbons (Fsp3) is 0.227. The summed E-state index contributed by atoms with van der Waals surface area (Å²) in [5, 5.41) is 0. The van der Waals surface area contributed by atoms with Gasteiger partial charge in [-0.15, -0.1) is 13.2 Å². The molecule has 0 bridgehead atoms. The van der Waals surface area contributed by atoms with Gasteiger partial charge in [-0.1, -0.05) is 36.4 Å². The lowest BCUT2D eigenvalue weighted by Crippen LogP contribution is -2.36. The Labute approximate surface area is 166 Å². The summed E-state index contributed by atoms with van der Waals surface area (Å²) in [7, 11) is -3.79. The fourth-order valence-corrected chi connectivity index (χ4v) is 5.28. The molecule has 0 unspecified atom stereocenters. The van der Waals surface area contributed by atoms with Gasteiger partial charge in [0.15, 0.2) is 0 Å². The number of rotatable bonds is 7. The molecule has 1 aliphatic heterocycles. The van der Waals surface area contributed by atoms with Gasteiger partial charge >= 0.3 is 0 Å². The minimum atomic E-state index is -3.79. The highest BCUT2D eigenvalue weighted by atomic mass is 32.2. The quantitative estimate of drug-likeness (QED) is 0.672. The Morgan fingerprint density at radius 1 is 1.14 bits per heavy atom. The molecular formula is C22H24N2O3S. The summed E-state index contributed by atoms with van der Waals surface area (Å²) in [6.45, 7) is 9.94. The van der Waals surface area contributed by atoms with E-state index in [1.165, 1.54) is 16.4 Å². The highest BCUT2D eigenvalue weighted by Gasteiger charge is 2.36. The van der Waals surface area contributed by atoms with Crippen molar-refractivity contribution in [2.75, 3.05) is 17.4 Å². The van der Waals surface area contributed by atoms with E-state index in [4.69, 9.17) is 0 Å². The zero-order chi connectivity index (χ0) is 20.3. The predicted octanol–water partition coefficient (Wildman–Crippen LogP) is 3.64. The second kappa shape index (κ2) is 8.02. The van der Waals surface area contributed by atoms with Crippen LogP contribution in [0.2, 0.25) is 0 Å². The Kier molecular flexibility index (Phi) is 5.70. The van der Waals surface area contributed by atoms with E-state index >= 15 is 0 Å². The van der Waals surface area contributed by atoms with E-state index in [1.807, 2.05) is 31.2 Å². The van der Waals surface area contributed by atoms with E-state index in [2.05, 4.69) is 13.2 Å². The second-order valence-electron chi connectivity index (χ2n) is 6.80. The zero-order valence-electron chi connectivity index (χ0n) is 15.9. The number of carbonyl (C=O) groups is 1. The number of hydrogen-bond donors (Lipinski definition) is 0. The van der Waals surface area contributed by atoms with E-state index in [1.54, 1.807) is 29.2 Å². The summed E-state index contributed by atoms with van der Waals surface area (Å²) in [4.78, 5) is 14.5. The van der Waals surface area contributed by atoms with Gasteiger partial charge in [0.1, 0.15) is 0 Å². The summed E-state index contributed by atoms with van der Waals surface area (Å²) in [5.41, 5.74) is 2.03. The molecule has 0 saturated heterocycles. The smallest absolute Gasteiger partial charge is 0.264 e. The first kappa shape index (κ1) is 19.9. The molecule has 146 valence electrons. The maximum Gasteiger partial charge on any atom is 0.264 e. The van der Waals surface area contributed by atoms with Crippen LogP contribution in [0.5, 0.6) is 0 Å². The molecule has 3 rings (SSSR count). The van der Waals surface area contributed by atoms with E-state index < -0.39 is 10.0 Å². The maximum atomic E-state index is 13.4. The van der Waals surface area contributed by atoms with Crippen LogP contribution in [0.25, 0.3) is 0 Å². The first-order valence-electron chi connectivity index (χ1n) is 9.13. The maximum absolute atomic E-state index is 13.4. The van der Waals surface area contributed by atoms with Crippen LogP contribution >= 0.6 is 0 Å². The molecule has 1 aliphatic rings. The van der Waals surface area contributed by atoms with Gasteiger partial charge in [-0.2, -0.15) is 0 Å². The third-order valence-electron chi connectivity index (χ3n) is 4.77. The summed E-state index contributed by atoms with van der Waals surface area (Å²) >= 11 is 0. The largest absolute Gasteiger partial charge is 0.331 e. The van der Waals surface area contributed by atoms with E-state index in [-0.39, 0.29) is 16.8 Å². The lowest BCUT2D eigenvalue weighted by atomic mass is 10.1. The molecular weight excluding hydrogens is 372 g/mol. The van der Waals surface area contributed by atoms with Gasteiger partial charge in [-0.05, 0) is 43.2 Å². The predicted molar refractivity (Wildman–Crippen MR) is 112 cm³/mol. The average molecular weight is 397 g/mol. The highest BCUT2D eigenvalue weighted by molar-refractivity contribution is 7.92. The number of hydrogen-bond acceptors (Lipinski definition) is 3. The molecule has 0 aromatic heterocycles. The first-order valence-corrected chi connectivity index (χ1v) is 10.6. The van der Waals surface area contributed by atoms with Gasteiger partial charge in [0.05, 0.1) is 10.6 Å². The molecule has 1 amide bonds. The van der Waals surface area contributed by atoms with E-state index in [0.717, 1.165) is 5.56 Å². The molecule has 2 aromatic carbocycles. The summed E-state index contributed by atoms with van der Waals surface area (Å²) in [5.74, 6) is -0.258. The Morgan fingerprint density at radius 3 is 2.50 bits per heavy atom. The van der Waals surface area contributed by atoms with E-state index in [0.29, 0.717) is 30.8 Å². The minimum absolute atomic E-state index is 0.110. The van der Waals surface area contributed by atoms with E-state index in [9.17, 15) is 13.2 Å². The Bertz CT molecular complexity index is 1000. The summed E-state index contributed by atoms with van der Waals surface area (Å²) < 4.78 is 28.2. The number of fused-ring (bicyclic) bond motifs is 1. The number of benzene rings is 2. The lowest BCUT2D eigenvalue weighted by molar-refractivity contribution is 0.0790. The van der Waals surface area contributed by atoms with Crippen LogP contribution in [0.4, 0.5) is 5.69 Å². The molecule has 1 atom stereocenters. The third-order valence-corrected chi connectivity index (χ3v) is 6.69. The average Bonchev–Trinajstić information content (AvgIpc) is 3.03. The number of sulfonamides is 1. The van der Waals surface area contributed by atoms with Crippen molar-refractivity contribution < 1.29 is 13.2 Å². The number of amides is 1. The van der Waals surface area contributed by atoms with Crippen molar-refractivity contribution >= 4 is 21.6 Å². The normalized spacial score (nSPS) is 15.8. The Balaban J connectivity index is 1.98. The summed E-state index contributed by atoms with van der Waals surface area (Å²) in [6, 6.07) is 13.5. The SMILES string of the molecule is C=CCN(CC=C)C(=O)c1cccc(S(=O)(=O)N2c3ccccc3C[C@@H]2C)c1. The standard InChI is InChI=1S/C22H24N2O3S/c1-4-13-23(14-5-2)22(25)19-10-8-11-20(16-19)28(26,27)24-17(3)15-18-9-6-7-12-21(18)24/h4-12,16-17H,1-2,13-15H2,3H3/t17-/m0/s1. The van der Waals surface area contributed by atoms with Gasteiger partial charge in [0.2, 0.25) is 0 Å². The molecule has 2 aromatic rings. The number of para-hydroxylation sites is 1. The molecule has 0 aliphatic carbocycles. The third kappa shape index (κ3) is 3.60. The highest BCUT2D eigenvalue weighted by Crippen LogP contribution is 2.36. The van der Waals surface area contributed by atoms with Crippen LogP contribution in [0.3, 0.4) is 0 Å². The lowest BCUT2D eigenvalue weighted by Gasteiger charge is -2.25. The van der Waals surface area contributed by atoms with Crippen molar-refractivity contribution in [1.29, 1.82) is 0 Å². The number of nitrogens with zero attached hydrogens (tertiary/aromatic N) is 2. The van der Waals surface area contributed by atoms with Gasteiger partial charge in [-0.3, -0.25) is 9.10 Å². The monoisotopic (exact) mass is 396 g/mol. The van der Waals surface area contributed by atoms with Gasteiger partial charge in [-0.25, -0.2) is 8.42 Å². The van der Waals surface area contributed by atoms with Crippen molar-refractivity contribution in [1.82, 2.24) is 4.90 Å². The second-order valence-corrected chi connectivity index (χ2v) is 8.61. The molecule has 0 radical (unpaired) electrons. The molecule has 0 saturated carbocycles. The van der Waals surface area contributed by atoms with Crippen LogP contribution in [0.1, 0.15) is 22.8 Å². The molecule has 0 N–H and O–H groups in total. The Hall–Kier alpha value is -2.86. The van der Waals surface area contributed by atoms with Gasteiger partial charge in [0.25, 0.3) is 15.9 Å². The molecule has 5 nitrogen and oxygen atoms in total. The van der Waals surface area contributed by atoms with Crippen LogP contribution < -0.4 is 4.31 Å². The van der Waals surface area contributed by atoms with Gasteiger partial charge < -0.3 is 4.90 Å². The summed E-state index contributed by atoms with van der Waals surface area (Å²) in [6.07, 6.45) is 3.93. The van der Waals surface area contributed by atoms with Crippen LogP contribution in [0.15, 0.2) is 78.7 Å². The van der Waals surface area contributed by atoms with Crippen LogP contribution in [-0.4, -0.2) is 38.4 Å². The zero-order valence-corrected chi connectivity index (χ0v) is 16.7. The number of anilines is 1. The van der Waals surface area contributed by atoms with Crippen molar-refractivity contribution in [3.8, 4) is 0 Å². The number of carbonyl (C=O) groups excluding carboxylic acids is 1. The van der Waals surface area contributed by atoms with Crippen LogP contribution in [-0.2, 0) is 16.4 Å². The first-order chi connectivity index (χ1) is 13.4. The van der Waals surface area contributed by atoms with Crippen molar-refractivity contribution in [2.24, 2.45) is 0 Å². The fourth-order valence-electron chi connectivity index (χ4n) is 3.54. The van der Waals surface area contributed by atoms with Gasteiger partial charge in [0, 0.05) is 24.7 Å².